The van der Waals surface area contributed by atoms with Crippen molar-refractivity contribution in [3.05, 3.63) is 18.2 Å². The number of hydrogen-bond donors (Lipinski definition) is 1. The van der Waals surface area contributed by atoms with E-state index in [0.717, 1.165) is 54.0 Å². The summed E-state index contributed by atoms with van der Waals surface area (Å²) in [6.07, 6.45) is 13.4. The molecular weight excluding hydrogens is 372 g/mol. The van der Waals surface area contributed by atoms with Crippen LogP contribution in [0.2, 0.25) is 0 Å². The van der Waals surface area contributed by atoms with E-state index in [1.165, 1.54) is 38.5 Å². The first-order valence-electron chi connectivity index (χ1n) is 12.5. The molecule has 0 aliphatic heterocycles. The zero-order valence-corrected chi connectivity index (χ0v) is 18.9. The third kappa shape index (κ3) is 2.74. The Morgan fingerprint density at radius 2 is 1.90 bits per heavy atom. The number of carbonyl (C=O) groups is 1. The Labute approximate surface area is 180 Å². The molecule has 5 fully saturated rings. The summed E-state index contributed by atoms with van der Waals surface area (Å²) in [5.41, 5.74) is 0.869. The maximum atomic E-state index is 13.5. The highest BCUT2D eigenvalue weighted by atomic mass is 16.3. The maximum absolute atomic E-state index is 13.5. The van der Waals surface area contributed by atoms with Gasteiger partial charge in [-0.05, 0) is 112 Å². The summed E-state index contributed by atoms with van der Waals surface area (Å²) < 4.78 is 2.04. The number of carbonyl (C=O) groups excluding carboxylic acids is 1. The Balaban J connectivity index is 1.24. The van der Waals surface area contributed by atoms with Gasteiger partial charge in [-0.3, -0.25) is 4.79 Å². The van der Waals surface area contributed by atoms with E-state index < -0.39 is 5.60 Å². The van der Waals surface area contributed by atoms with Crippen molar-refractivity contribution in [3.63, 3.8) is 0 Å². The third-order valence-corrected chi connectivity index (χ3v) is 10.6. The van der Waals surface area contributed by atoms with Crippen LogP contribution in [-0.4, -0.2) is 26.0 Å². The lowest BCUT2D eigenvalue weighted by Crippen LogP contribution is -2.52. The van der Waals surface area contributed by atoms with Crippen molar-refractivity contribution in [2.45, 2.75) is 84.3 Å². The van der Waals surface area contributed by atoms with Crippen molar-refractivity contribution >= 4 is 5.78 Å². The minimum absolute atomic E-state index is 0.216. The van der Waals surface area contributed by atoms with E-state index in [1.807, 2.05) is 24.0 Å². The highest BCUT2D eigenvalue weighted by molar-refractivity contribution is 5.83. The molecule has 5 aliphatic rings. The number of aryl methyl sites for hydroxylation is 1. The second kappa shape index (κ2) is 6.43. The zero-order chi connectivity index (χ0) is 20.8. The first-order valence-corrected chi connectivity index (χ1v) is 12.5. The molecule has 4 nitrogen and oxygen atoms in total. The normalized spacial score (nSPS) is 51.5. The predicted octanol–water partition coefficient (Wildman–Crippen LogP) is 4.64. The number of aliphatic hydroxyl groups is 1. The van der Waals surface area contributed by atoms with Gasteiger partial charge in [-0.2, -0.15) is 0 Å². The molecule has 0 saturated heterocycles. The molecule has 0 unspecified atom stereocenters. The Kier molecular flexibility index (Phi) is 4.18. The van der Waals surface area contributed by atoms with Crippen LogP contribution < -0.4 is 0 Å². The third-order valence-electron chi connectivity index (χ3n) is 10.6. The highest BCUT2D eigenvalue weighted by Gasteiger charge is 2.70. The van der Waals surface area contributed by atoms with Gasteiger partial charge in [0.25, 0.3) is 0 Å². The zero-order valence-electron chi connectivity index (χ0n) is 18.9. The number of aromatic nitrogens is 2. The lowest BCUT2D eigenvalue weighted by molar-refractivity contribution is -0.136. The van der Waals surface area contributed by atoms with Gasteiger partial charge in [-0.25, -0.2) is 4.98 Å². The van der Waals surface area contributed by atoms with E-state index >= 15 is 0 Å². The van der Waals surface area contributed by atoms with Crippen LogP contribution in [0.15, 0.2) is 12.5 Å². The number of rotatable bonds is 3. The molecule has 5 aliphatic carbocycles. The highest BCUT2D eigenvalue weighted by Crippen LogP contribution is 2.74. The van der Waals surface area contributed by atoms with Gasteiger partial charge in [-0.1, -0.05) is 6.92 Å². The van der Waals surface area contributed by atoms with Gasteiger partial charge in [0.05, 0.1) is 18.5 Å². The van der Waals surface area contributed by atoms with Gasteiger partial charge in [0.2, 0.25) is 0 Å². The molecule has 0 aromatic carbocycles. The van der Waals surface area contributed by atoms with Gasteiger partial charge in [0, 0.05) is 17.8 Å². The maximum Gasteiger partial charge on any atom is 0.156 e. The van der Waals surface area contributed by atoms with Crippen LogP contribution in [0.5, 0.6) is 0 Å². The molecule has 1 aromatic heterocycles. The number of Topliss-reactive ketones (excluding diaryl/α,β-unsaturated/α-hetero) is 1. The SMILES string of the molecule is Cc1cncn1CC(=O)[C@H]1[C@H]2C[C@H]2[C@H]2[C@@H]3CC[C@@H]4C[C@](C)(O)CC[C@@H]4[C@H]3CC[C@@]21C. The number of ketones is 1. The van der Waals surface area contributed by atoms with Gasteiger partial charge in [0.15, 0.2) is 5.78 Å². The molecule has 6 rings (SSSR count). The van der Waals surface area contributed by atoms with Crippen molar-refractivity contribution in [1.29, 1.82) is 0 Å². The predicted molar refractivity (Wildman–Crippen MR) is 116 cm³/mol. The largest absolute Gasteiger partial charge is 0.390 e. The topological polar surface area (TPSA) is 55.1 Å². The molecule has 0 spiro atoms. The molecule has 10 atom stereocenters. The van der Waals surface area contributed by atoms with Crippen molar-refractivity contribution in [2.75, 3.05) is 0 Å². The monoisotopic (exact) mass is 410 g/mol. The van der Waals surface area contributed by atoms with Crippen LogP contribution in [0.3, 0.4) is 0 Å². The van der Waals surface area contributed by atoms with Crippen LogP contribution in [0, 0.1) is 59.7 Å². The van der Waals surface area contributed by atoms with Crippen LogP contribution in [0.4, 0.5) is 0 Å². The van der Waals surface area contributed by atoms with Gasteiger partial charge < -0.3 is 9.67 Å². The molecule has 30 heavy (non-hydrogen) atoms. The van der Waals surface area contributed by atoms with Crippen molar-refractivity contribution in [2.24, 2.45) is 52.8 Å². The Hall–Kier alpha value is -1.16. The van der Waals surface area contributed by atoms with Crippen LogP contribution in [0.25, 0.3) is 0 Å². The number of fused-ring (bicyclic) bond motifs is 7. The van der Waals surface area contributed by atoms with E-state index in [2.05, 4.69) is 18.8 Å². The van der Waals surface area contributed by atoms with E-state index in [0.29, 0.717) is 18.2 Å². The summed E-state index contributed by atoms with van der Waals surface area (Å²) in [6.45, 7) is 7.10. The number of nitrogens with zero attached hydrogens (tertiary/aromatic N) is 2. The van der Waals surface area contributed by atoms with Crippen LogP contribution >= 0.6 is 0 Å². The minimum atomic E-state index is -0.435. The van der Waals surface area contributed by atoms with E-state index in [1.54, 1.807) is 0 Å². The van der Waals surface area contributed by atoms with Gasteiger partial charge >= 0.3 is 0 Å². The van der Waals surface area contributed by atoms with Crippen LogP contribution in [0.1, 0.15) is 70.9 Å². The second-order valence-corrected chi connectivity index (χ2v) is 12.3. The molecule has 0 bridgehead atoms. The van der Waals surface area contributed by atoms with Crippen molar-refractivity contribution < 1.29 is 9.90 Å². The molecule has 4 heteroatoms. The fourth-order valence-electron chi connectivity index (χ4n) is 9.47. The van der Waals surface area contributed by atoms with Crippen molar-refractivity contribution in [3.8, 4) is 0 Å². The fourth-order valence-corrected chi connectivity index (χ4v) is 9.47. The fraction of sp³-hybridized carbons (Fsp3) is 0.846. The van der Waals surface area contributed by atoms with Gasteiger partial charge in [-0.15, -0.1) is 0 Å². The van der Waals surface area contributed by atoms with Crippen molar-refractivity contribution in [1.82, 2.24) is 9.55 Å². The summed E-state index contributed by atoms with van der Waals surface area (Å²) in [5, 5.41) is 10.6. The number of hydrogen-bond acceptors (Lipinski definition) is 3. The molecule has 164 valence electrons. The quantitative estimate of drug-likeness (QED) is 0.790. The Morgan fingerprint density at radius 3 is 2.67 bits per heavy atom. The summed E-state index contributed by atoms with van der Waals surface area (Å²) in [5.74, 6) is 6.20. The Bertz CT molecular complexity index is 859. The second-order valence-electron chi connectivity index (χ2n) is 12.3. The number of imidazole rings is 1. The molecule has 1 aromatic rings. The lowest BCUT2D eigenvalue weighted by atomic mass is 9.48. The lowest BCUT2D eigenvalue weighted by Gasteiger charge is -2.57. The molecular formula is C26H38N2O2. The van der Waals surface area contributed by atoms with Gasteiger partial charge in [0.1, 0.15) is 0 Å². The first-order chi connectivity index (χ1) is 14.3. The van der Waals surface area contributed by atoms with E-state index in [-0.39, 0.29) is 11.3 Å². The Morgan fingerprint density at radius 1 is 1.10 bits per heavy atom. The van der Waals surface area contributed by atoms with E-state index in [4.69, 9.17) is 0 Å². The van der Waals surface area contributed by atoms with Crippen LogP contribution in [-0.2, 0) is 11.3 Å². The summed E-state index contributed by atoms with van der Waals surface area (Å²) >= 11 is 0. The summed E-state index contributed by atoms with van der Waals surface area (Å²) in [7, 11) is 0. The average Bonchev–Trinajstić information content (AvgIpc) is 3.24. The standard InChI is InChI=1S/C26H38N2O2/c1-15-12-27-14-28(15)13-22(29)24-21-10-20(21)23-19-5-4-16-11-25(2,30)8-6-17(16)18(19)7-9-26(23,24)3/h12,14,16-21,23-24,30H,4-11,13H2,1-3H3/t16-,17+,18-,19-,20-,21+,23-,24-,25-,26+/m1/s1. The minimum Gasteiger partial charge on any atom is -0.390 e. The first kappa shape index (κ1) is 19.5. The van der Waals surface area contributed by atoms with E-state index in [9.17, 15) is 9.90 Å². The smallest absolute Gasteiger partial charge is 0.156 e. The molecule has 1 heterocycles. The molecule has 5 saturated carbocycles. The molecule has 0 amide bonds. The molecule has 1 N–H and O–H groups in total. The summed E-state index contributed by atoms with van der Waals surface area (Å²) in [4.78, 5) is 17.8. The molecule has 0 radical (unpaired) electrons. The summed E-state index contributed by atoms with van der Waals surface area (Å²) in [6, 6.07) is 0. The average molecular weight is 411 g/mol.